The Kier molecular flexibility index (Phi) is 4.38. The molecule has 1 amide bonds. The van der Waals surface area contributed by atoms with Gasteiger partial charge in [-0.25, -0.2) is 0 Å². The third-order valence-corrected chi connectivity index (χ3v) is 3.94. The van der Waals surface area contributed by atoms with E-state index in [1.807, 2.05) is 11.8 Å². The summed E-state index contributed by atoms with van der Waals surface area (Å²) in [5, 5.41) is 10.5. The smallest absolute Gasteiger partial charge is 0.273 e. The van der Waals surface area contributed by atoms with Crippen molar-refractivity contribution in [3.8, 4) is 0 Å². The van der Waals surface area contributed by atoms with Gasteiger partial charge in [0.05, 0.1) is 12.7 Å². The van der Waals surface area contributed by atoms with Gasteiger partial charge in [0.2, 0.25) is 0 Å². The second-order valence-corrected chi connectivity index (χ2v) is 5.25. The molecule has 0 bridgehead atoms. The molecule has 0 saturated carbocycles. The fraction of sp³-hybridized carbons (Fsp3) is 0.700. The Morgan fingerprint density at radius 2 is 2.59 bits per heavy atom. The van der Waals surface area contributed by atoms with Crippen LogP contribution >= 0.6 is 11.8 Å². The molecule has 7 heteroatoms. The van der Waals surface area contributed by atoms with E-state index in [0.717, 1.165) is 12.3 Å². The molecule has 1 aliphatic heterocycles. The van der Waals surface area contributed by atoms with Crippen molar-refractivity contribution in [2.75, 3.05) is 24.6 Å². The number of hydrogen-bond acceptors (Lipinski definition) is 5. The number of nitrogens with two attached hydrogens (primary N) is 1. The summed E-state index contributed by atoms with van der Waals surface area (Å²) in [5.74, 6) is 2.79. The van der Waals surface area contributed by atoms with Gasteiger partial charge in [0.15, 0.2) is 5.69 Å². The lowest BCUT2D eigenvalue weighted by Gasteiger charge is -2.08. The Hall–Kier alpha value is -1.08. The Balaban J connectivity index is 1.81. The lowest BCUT2D eigenvalue weighted by Crippen LogP contribution is -2.29. The minimum atomic E-state index is -0.148. The highest BCUT2D eigenvalue weighted by Gasteiger charge is 2.17. The summed E-state index contributed by atoms with van der Waals surface area (Å²) in [4.78, 5) is 11.8. The Morgan fingerprint density at radius 3 is 3.29 bits per heavy atom. The van der Waals surface area contributed by atoms with E-state index in [0.29, 0.717) is 24.7 Å². The number of hydrogen-bond donors (Lipinski definition) is 2. The second kappa shape index (κ2) is 6.02. The summed E-state index contributed by atoms with van der Waals surface area (Å²) >= 11 is 1.94. The third-order valence-electron chi connectivity index (χ3n) is 2.70. The number of carbonyl (C=O) groups is 1. The summed E-state index contributed by atoms with van der Waals surface area (Å²) in [6.45, 7) is 1.80. The Labute approximate surface area is 104 Å². The van der Waals surface area contributed by atoms with Crippen LogP contribution in [0, 0.1) is 5.92 Å². The zero-order valence-corrected chi connectivity index (χ0v) is 10.4. The number of thioether (sulfide) groups is 1. The summed E-state index contributed by atoms with van der Waals surface area (Å²) in [5.41, 5.74) is 5.76. The van der Waals surface area contributed by atoms with Crippen molar-refractivity contribution >= 4 is 17.7 Å². The summed E-state index contributed by atoms with van der Waals surface area (Å²) in [7, 11) is 0. The zero-order valence-electron chi connectivity index (χ0n) is 9.63. The molecule has 94 valence electrons. The van der Waals surface area contributed by atoms with E-state index in [1.54, 1.807) is 10.9 Å². The maximum atomic E-state index is 11.8. The molecule has 1 unspecified atom stereocenters. The average Bonchev–Trinajstić information content (AvgIpc) is 2.97. The summed E-state index contributed by atoms with van der Waals surface area (Å²) in [6, 6.07) is 0. The fourth-order valence-corrected chi connectivity index (χ4v) is 3.00. The molecule has 1 saturated heterocycles. The molecule has 1 fully saturated rings. The van der Waals surface area contributed by atoms with E-state index in [2.05, 4.69) is 15.6 Å². The van der Waals surface area contributed by atoms with Gasteiger partial charge in [-0.2, -0.15) is 11.8 Å². The van der Waals surface area contributed by atoms with E-state index in [1.165, 1.54) is 12.2 Å². The molecular formula is C10H17N5OS. The predicted molar refractivity (Wildman–Crippen MR) is 66.8 cm³/mol. The van der Waals surface area contributed by atoms with Gasteiger partial charge in [0.25, 0.3) is 5.91 Å². The molecule has 6 nitrogen and oxygen atoms in total. The monoisotopic (exact) mass is 255 g/mol. The van der Waals surface area contributed by atoms with Gasteiger partial charge < -0.3 is 11.1 Å². The normalized spacial score (nSPS) is 19.5. The first-order valence-corrected chi connectivity index (χ1v) is 6.91. The van der Waals surface area contributed by atoms with Gasteiger partial charge in [-0.05, 0) is 23.8 Å². The number of nitrogens with zero attached hydrogens (tertiary/aromatic N) is 3. The van der Waals surface area contributed by atoms with Gasteiger partial charge in [0, 0.05) is 13.1 Å². The van der Waals surface area contributed by atoms with Crippen molar-refractivity contribution < 1.29 is 4.79 Å². The van der Waals surface area contributed by atoms with E-state index < -0.39 is 0 Å². The van der Waals surface area contributed by atoms with Crippen LogP contribution in [0.2, 0.25) is 0 Å². The number of amides is 1. The SMILES string of the molecule is NCCn1cc(C(=O)NCC2CCSC2)nn1. The quantitative estimate of drug-likeness (QED) is 0.756. The highest BCUT2D eigenvalue weighted by molar-refractivity contribution is 7.99. The molecule has 2 heterocycles. The largest absolute Gasteiger partial charge is 0.350 e. The predicted octanol–water partition coefficient (Wildman–Crippen LogP) is -0.280. The van der Waals surface area contributed by atoms with Crippen LogP contribution in [-0.2, 0) is 6.54 Å². The molecule has 17 heavy (non-hydrogen) atoms. The van der Waals surface area contributed by atoms with E-state index in [4.69, 9.17) is 5.73 Å². The van der Waals surface area contributed by atoms with Crippen molar-refractivity contribution in [3.63, 3.8) is 0 Å². The Bertz CT molecular complexity index is 375. The van der Waals surface area contributed by atoms with Crippen LogP contribution in [0.3, 0.4) is 0 Å². The third kappa shape index (κ3) is 3.44. The molecule has 1 atom stereocenters. The minimum Gasteiger partial charge on any atom is -0.350 e. The van der Waals surface area contributed by atoms with Gasteiger partial charge in [0.1, 0.15) is 0 Å². The highest BCUT2D eigenvalue weighted by Crippen LogP contribution is 2.22. The van der Waals surface area contributed by atoms with Crippen molar-refractivity contribution in [2.24, 2.45) is 11.7 Å². The van der Waals surface area contributed by atoms with Crippen molar-refractivity contribution in [1.29, 1.82) is 0 Å². The van der Waals surface area contributed by atoms with Crippen LogP contribution in [0.25, 0.3) is 0 Å². The number of aromatic nitrogens is 3. The van der Waals surface area contributed by atoms with Crippen molar-refractivity contribution in [3.05, 3.63) is 11.9 Å². The van der Waals surface area contributed by atoms with Crippen molar-refractivity contribution in [2.45, 2.75) is 13.0 Å². The first-order chi connectivity index (χ1) is 8.29. The highest BCUT2D eigenvalue weighted by atomic mass is 32.2. The molecule has 3 N–H and O–H groups in total. The van der Waals surface area contributed by atoms with Crippen LogP contribution in [-0.4, -0.2) is 45.5 Å². The molecule has 0 spiro atoms. The number of nitrogens with one attached hydrogen (secondary N) is 1. The maximum absolute atomic E-state index is 11.8. The minimum absolute atomic E-state index is 0.148. The van der Waals surface area contributed by atoms with E-state index in [9.17, 15) is 4.79 Å². The fourth-order valence-electron chi connectivity index (χ4n) is 1.72. The Morgan fingerprint density at radius 1 is 1.71 bits per heavy atom. The van der Waals surface area contributed by atoms with Gasteiger partial charge in [-0.1, -0.05) is 5.21 Å². The maximum Gasteiger partial charge on any atom is 0.273 e. The van der Waals surface area contributed by atoms with Crippen molar-refractivity contribution in [1.82, 2.24) is 20.3 Å². The average molecular weight is 255 g/mol. The molecule has 1 aromatic heterocycles. The van der Waals surface area contributed by atoms with Crippen LogP contribution < -0.4 is 11.1 Å². The molecule has 1 aliphatic rings. The first kappa shape index (κ1) is 12.4. The van der Waals surface area contributed by atoms with Gasteiger partial charge in [-0.3, -0.25) is 9.48 Å². The molecule has 0 radical (unpaired) electrons. The van der Waals surface area contributed by atoms with Crippen LogP contribution in [0.4, 0.5) is 0 Å². The van der Waals surface area contributed by atoms with E-state index in [-0.39, 0.29) is 5.91 Å². The molecular weight excluding hydrogens is 238 g/mol. The topological polar surface area (TPSA) is 85.8 Å². The molecule has 0 aliphatic carbocycles. The lowest BCUT2D eigenvalue weighted by atomic mass is 10.1. The lowest BCUT2D eigenvalue weighted by molar-refractivity contribution is 0.0943. The molecule has 2 rings (SSSR count). The number of carbonyl (C=O) groups excluding carboxylic acids is 1. The van der Waals surface area contributed by atoms with Crippen LogP contribution in [0.5, 0.6) is 0 Å². The van der Waals surface area contributed by atoms with E-state index >= 15 is 0 Å². The number of rotatable bonds is 5. The second-order valence-electron chi connectivity index (χ2n) is 4.10. The molecule has 0 aromatic carbocycles. The van der Waals surface area contributed by atoms with Crippen LogP contribution in [0.1, 0.15) is 16.9 Å². The van der Waals surface area contributed by atoms with Gasteiger partial charge in [-0.15, -0.1) is 5.10 Å². The first-order valence-electron chi connectivity index (χ1n) is 5.75. The van der Waals surface area contributed by atoms with Gasteiger partial charge >= 0.3 is 0 Å². The summed E-state index contributed by atoms with van der Waals surface area (Å²) < 4.78 is 1.58. The zero-order chi connectivity index (χ0) is 12.1. The molecule has 1 aromatic rings. The standard InChI is InChI=1S/C10H17N5OS/c11-2-3-15-6-9(13-14-15)10(16)12-5-8-1-4-17-7-8/h6,8H,1-5,7,11H2,(H,12,16). The van der Waals surface area contributed by atoms with Crippen LogP contribution in [0.15, 0.2) is 6.20 Å². The summed E-state index contributed by atoms with van der Waals surface area (Å²) in [6.07, 6.45) is 2.82.